The molecule has 216 valence electrons. The molecule has 2 aromatic carbocycles. The second kappa shape index (κ2) is 13.6. The van der Waals surface area contributed by atoms with Crippen molar-refractivity contribution in [3.8, 4) is 16.9 Å². The molecule has 0 saturated heterocycles. The summed E-state index contributed by atoms with van der Waals surface area (Å²) in [7, 11) is -0.511. The Bertz CT molecular complexity index is 1540. The second-order valence-electron chi connectivity index (χ2n) is 9.57. The summed E-state index contributed by atoms with van der Waals surface area (Å²) >= 11 is -1.35. The molecule has 0 fully saturated rings. The summed E-state index contributed by atoms with van der Waals surface area (Å²) in [5.41, 5.74) is 1.98. The van der Waals surface area contributed by atoms with Crippen LogP contribution < -0.4 is 15.0 Å². The Labute approximate surface area is 237 Å². The summed E-state index contributed by atoms with van der Waals surface area (Å²) in [6.45, 7) is 5.34. The highest BCUT2D eigenvalue weighted by molar-refractivity contribution is 7.90. The Kier molecular flexibility index (Phi) is 10.7. The van der Waals surface area contributed by atoms with Gasteiger partial charge in [-0.1, -0.05) is 32.4 Å². The SMILES string of the molecule is CCCC[S@+]([O-])N[C@@H](C)c1cc(=O)n(C)cc1-c1cc(CS(=O)(=O)CC)ccc1C(=O)c1ccc(F)c(OC)c1. The van der Waals surface area contributed by atoms with E-state index >= 15 is 0 Å². The zero-order valence-electron chi connectivity index (χ0n) is 23.3. The predicted molar refractivity (Wildman–Crippen MR) is 156 cm³/mol. The summed E-state index contributed by atoms with van der Waals surface area (Å²) < 4.78 is 61.0. The number of unbranched alkanes of at least 4 members (excludes halogenated alkanes) is 1. The zero-order valence-corrected chi connectivity index (χ0v) is 25.0. The van der Waals surface area contributed by atoms with E-state index in [2.05, 4.69) is 4.72 Å². The van der Waals surface area contributed by atoms with Gasteiger partial charge in [0.15, 0.2) is 27.2 Å². The van der Waals surface area contributed by atoms with Gasteiger partial charge in [0.1, 0.15) is 5.75 Å². The molecule has 2 atom stereocenters. The maximum atomic E-state index is 14.1. The van der Waals surface area contributed by atoms with Crippen molar-refractivity contribution < 1.29 is 26.9 Å². The minimum atomic E-state index is -3.39. The molecule has 0 saturated carbocycles. The molecule has 0 spiro atoms. The smallest absolute Gasteiger partial charge is 0.250 e. The molecule has 0 bridgehead atoms. The van der Waals surface area contributed by atoms with Crippen molar-refractivity contribution >= 4 is 27.0 Å². The number of ether oxygens (including phenoxy) is 1. The number of aryl methyl sites for hydroxylation is 1. The highest BCUT2D eigenvalue weighted by atomic mass is 32.2. The minimum absolute atomic E-state index is 0.0476. The van der Waals surface area contributed by atoms with E-state index in [-0.39, 0.29) is 33.9 Å². The van der Waals surface area contributed by atoms with Crippen molar-refractivity contribution in [2.45, 2.75) is 45.4 Å². The number of carbonyl (C=O) groups excluding carboxylic acids is 1. The highest BCUT2D eigenvalue weighted by Crippen LogP contribution is 2.33. The third-order valence-electron chi connectivity index (χ3n) is 6.58. The van der Waals surface area contributed by atoms with Crippen LogP contribution in [0.5, 0.6) is 5.75 Å². The highest BCUT2D eigenvalue weighted by Gasteiger charge is 2.24. The Morgan fingerprint density at radius 1 is 1.15 bits per heavy atom. The molecule has 0 unspecified atom stereocenters. The number of methoxy groups -OCH3 is 1. The molecular weight excluding hydrogens is 555 g/mol. The number of rotatable bonds is 13. The van der Waals surface area contributed by atoms with Crippen molar-refractivity contribution in [2.75, 3.05) is 18.6 Å². The van der Waals surface area contributed by atoms with Gasteiger partial charge >= 0.3 is 0 Å². The third kappa shape index (κ3) is 7.60. The molecule has 0 aliphatic heterocycles. The van der Waals surface area contributed by atoms with Gasteiger partial charge in [-0.05, 0) is 54.3 Å². The fourth-order valence-corrected chi connectivity index (χ4v) is 6.32. The van der Waals surface area contributed by atoms with Gasteiger partial charge in [0.2, 0.25) is 0 Å². The van der Waals surface area contributed by atoms with Gasteiger partial charge in [0.25, 0.3) is 5.56 Å². The van der Waals surface area contributed by atoms with Crippen LogP contribution in [0.3, 0.4) is 0 Å². The molecule has 1 N–H and O–H groups in total. The predicted octanol–water partition coefficient (Wildman–Crippen LogP) is 4.48. The Morgan fingerprint density at radius 3 is 2.52 bits per heavy atom. The molecule has 1 aromatic heterocycles. The Morgan fingerprint density at radius 2 is 1.88 bits per heavy atom. The molecule has 40 heavy (non-hydrogen) atoms. The first-order chi connectivity index (χ1) is 18.9. The molecule has 3 aromatic rings. The van der Waals surface area contributed by atoms with Crippen LogP contribution in [0.15, 0.2) is 53.5 Å². The normalized spacial score (nSPS) is 13.2. The largest absolute Gasteiger partial charge is 0.598 e. The zero-order chi connectivity index (χ0) is 29.6. The monoisotopic (exact) mass is 590 g/mol. The molecule has 0 radical (unpaired) electrons. The summed E-state index contributed by atoms with van der Waals surface area (Å²) in [6.07, 6.45) is 3.23. The molecule has 0 amide bonds. The number of sulfone groups is 1. The van der Waals surface area contributed by atoms with Gasteiger partial charge in [0.05, 0.1) is 18.9 Å². The van der Waals surface area contributed by atoms with Crippen molar-refractivity contribution in [2.24, 2.45) is 7.05 Å². The molecule has 11 heteroatoms. The second-order valence-corrected chi connectivity index (χ2v) is 13.3. The van der Waals surface area contributed by atoms with Gasteiger partial charge in [-0.25, -0.2) is 12.8 Å². The first-order valence-electron chi connectivity index (χ1n) is 13.0. The fourth-order valence-electron chi connectivity index (χ4n) is 4.24. The summed E-state index contributed by atoms with van der Waals surface area (Å²) in [5.74, 6) is -0.977. The number of hydrogen-bond donors (Lipinski definition) is 1. The number of nitrogens with one attached hydrogen (secondary N) is 1. The van der Waals surface area contributed by atoms with Crippen LogP contribution in [-0.2, 0) is 34.0 Å². The van der Waals surface area contributed by atoms with Gasteiger partial charge in [-0.2, -0.15) is 0 Å². The molecule has 1 heterocycles. The number of ketones is 1. The van der Waals surface area contributed by atoms with E-state index in [9.17, 15) is 27.0 Å². The van der Waals surface area contributed by atoms with E-state index in [1.54, 1.807) is 45.3 Å². The maximum absolute atomic E-state index is 14.1. The van der Waals surface area contributed by atoms with Crippen LogP contribution in [-0.4, -0.2) is 41.9 Å². The minimum Gasteiger partial charge on any atom is -0.598 e. The lowest BCUT2D eigenvalue weighted by Crippen LogP contribution is -2.30. The van der Waals surface area contributed by atoms with Crippen LogP contribution in [0.4, 0.5) is 4.39 Å². The first kappa shape index (κ1) is 31.5. The van der Waals surface area contributed by atoms with E-state index < -0.39 is 38.8 Å². The van der Waals surface area contributed by atoms with Crippen LogP contribution in [0.1, 0.15) is 66.7 Å². The lowest BCUT2D eigenvalue weighted by atomic mass is 9.89. The number of carbonyl (C=O) groups is 1. The average molecular weight is 591 g/mol. The fraction of sp³-hybridized carbons (Fsp3) is 0.379. The van der Waals surface area contributed by atoms with Crippen LogP contribution in [0.25, 0.3) is 11.1 Å². The molecule has 8 nitrogen and oxygen atoms in total. The number of benzene rings is 2. The molecule has 3 rings (SSSR count). The lowest BCUT2D eigenvalue weighted by molar-refractivity contribution is 0.103. The number of aromatic nitrogens is 1. The number of halogens is 1. The maximum Gasteiger partial charge on any atom is 0.250 e. The lowest BCUT2D eigenvalue weighted by Gasteiger charge is -2.22. The van der Waals surface area contributed by atoms with E-state index in [0.29, 0.717) is 28.0 Å². The summed E-state index contributed by atoms with van der Waals surface area (Å²) in [6, 6.07) is 9.44. The van der Waals surface area contributed by atoms with Crippen LogP contribution in [0, 0.1) is 5.82 Å². The van der Waals surface area contributed by atoms with Crippen molar-refractivity contribution in [3.63, 3.8) is 0 Å². The topological polar surface area (TPSA) is 118 Å². The molecule has 0 aliphatic rings. The van der Waals surface area contributed by atoms with E-state index in [0.717, 1.165) is 18.9 Å². The van der Waals surface area contributed by atoms with Crippen molar-refractivity contribution in [3.05, 3.63) is 87.1 Å². The average Bonchev–Trinajstić information content (AvgIpc) is 2.92. The van der Waals surface area contributed by atoms with E-state index in [4.69, 9.17) is 4.74 Å². The number of nitrogens with zero attached hydrogens (tertiary/aromatic N) is 1. The van der Waals surface area contributed by atoms with E-state index in [1.165, 1.54) is 29.9 Å². The quantitative estimate of drug-likeness (QED) is 0.230. The Balaban J connectivity index is 2.24. The first-order valence-corrected chi connectivity index (χ1v) is 16.1. The molecule has 0 aliphatic carbocycles. The Hall–Kier alpha value is -2.99. The number of pyridine rings is 1. The van der Waals surface area contributed by atoms with Crippen molar-refractivity contribution in [1.82, 2.24) is 9.29 Å². The van der Waals surface area contributed by atoms with Crippen LogP contribution >= 0.6 is 0 Å². The molecular formula is C29H35FN2O6S2. The number of hydrogen-bond acceptors (Lipinski definition) is 7. The van der Waals surface area contributed by atoms with Gasteiger partial charge in [-0.3, -0.25) is 9.59 Å². The van der Waals surface area contributed by atoms with E-state index in [1.807, 2.05) is 6.92 Å². The van der Waals surface area contributed by atoms with Crippen molar-refractivity contribution in [1.29, 1.82) is 0 Å². The van der Waals surface area contributed by atoms with Gasteiger partial charge in [0, 0.05) is 53.1 Å². The van der Waals surface area contributed by atoms with Gasteiger partial charge < -0.3 is 13.9 Å². The van der Waals surface area contributed by atoms with Crippen LogP contribution in [0.2, 0.25) is 0 Å². The summed E-state index contributed by atoms with van der Waals surface area (Å²) in [5, 5.41) is 0. The summed E-state index contributed by atoms with van der Waals surface area (Å²) in [4.78, 5) is 26.5. The standard InChI is InChI=1S/C29H35FN2O6S2/c1-6-8-13-39(35)31-19(3)23-16-28(33)32(4)17-25(23)24-14-20(18-40(36,37)7-2)9-11-22(24)29(34)21-10-12-26(30)27(15-21)38-5/h9-12,14-17,19,31H,6-8,13,18H2,1-5H3/t19-,39-/m0/s1. The van der Waals surface area contributed by atoms with Gasteiger partial charge in [-0.15, -0.1) is 4.72 Å². The third-order valence-corrected chi connectivity index (χ3v) is 9.51.